The second-order valence-corrected chi connectivity index (χ2v) is 1.93. The first-order valence-corrected chi connectivity index (χ1v) is 2.90. The molecule has 0 fully saturated rings. The Kier molecular flexibility index (Phi) is 7.90. The Morgan fingerprint density at radius 1 is 1.33 bits per heavy atom. The molecule has 1 heterocycles. The summed E-state index contributed by atoms with van der Waals surface area (Å²) < 4.78 is 0. The van der Waals surface area contributed by atoms with E-state index in [-0.39, 0.29) is 31.2 Å². The van der Waals surface area contributed by atoms with E-state index in [2.05, 4.69) is 4.98 Å². The van der Waals surface area contributed by atoms with Crippen LogP contribution >= 0.6 is 24.8 Å². The Morgan fingerprint density at radius 2 is 1.83 bits per heavy atom. The van der Waals surface area contributed by atoms with Crippen molar-refractivity contribution in [2.75, 3.05) is 0 Å². The van der Waals surface area contributed by atoms with Crippen molar-refractivity contribution in [1.29, 1.82) is 0 Å². The lowest BCUT2D eigenvalue weighted by Gasteiger charge is -1.92. The highest BCUT2D eigenvalue weighted by Crippen LogP contribution is 1.96. The van der Waals surface area contributed by atoms with Crippen molar-refractivity contribution in [3.63, 3.8) is 0 Å². The minimum absolute atomic E-state index is 0. The summed E-state index contributed by atoms with van der Waals surface area (Å²) in [6, 6.07) is 3.38. The van der Waals surface area contributed by atoms with E-state index in [1.54, 1.807) is 24.5 Å². The summed E-state index contributed by atoms with van der Waals surface area (Å²) in [4.78, 5) is 13.9. The first-order chi connectivity index (χ1) is 4.79. The van der Waals surface area contributed by atoms with Crippen LogP contribution in [0, 0.1) is 0 Å². The van der Waals surface area contributed by atoms with Crippen LogP contribution in [-0.2, 0) is 11.2 Å². The molecule has 5 heteroatoms. The zero-order valence-electron chi connectivity index (χ0n) is 6.14. The summed E-state index contributed by atoms with van der Waals surface area (Å²) in [5.41, 5.74) is 0.780. The van der Waals surface area contributed by atoms with E-state index < -0.39 is 5.97 Å². The van der Waals surface area contributed by atoms with Gasteiger partial charge in [0.05, 0.1) is 6.42 Å². The molecule has 0 aliphatic rings. The van der Waals surface area contributed by atoms with E-state index in [4.69, 9.17) is 5.11 Å². The van der Waals surface area contributed by atoms with Gasteiger partial charge in [-0.2, -0.15) is 0 Å². The van der Waals surface area contributed by atoms with E-state index in [1.807, 2.05) is 0 Å². The van der Waals surface area contributed by atoms with Gasteiger partial charge in [-0.25, -0.2) is 0 Å². The molecule has 1 aromatic rings. The molecule has 0 saturated heterocycles. The summed E-state index contributed by atoms with van der Waals surface area (Å²) in [5, 5.41) is 8.35. The maximum atomic E-state index is 10.1. The number of pyridine rings is 1. The van der Waals surface area contributed by atoms with Crippen LogP contribution in [0.1, 0.15) is 5.56 Å². The smallest absolute Gasteiger partial charge is 0.307 e. The van der Waals surface area contributed by atoms with Crippen LogP contribution in [0.5, 0.6) is 0 Å². The minimum Gasteiger partial charge on any atom is -0.481 e. The fourth-order valence-electron chi connectivity index (χ4n) is 0.675. The molecule has 12 heavy (non-hydrogen) atoms. The molecule has 0 spiro atoms. The summed E-state index contributed by atoms with van der Waals surface area (Å²) in [6.45, 7) is 0. The number of aromatic nitrogens is 1. The molecule has 0 atom stereocenters. The number of carboxylic acids is 1. The lowest BCUT2D eigenvalue weighted by atomic mass is 10.2. The standard InChI is InChI=1S/C7H7NO2.2ClH/c9-7(10)5-6-1-3-8-4-2-6;;/h1-4H,5H2,(H,9,10);2*1H. The molecule has 3 nitrogen and oxygen atoms in total. The molecule has 0 aliphatic heterocycles. The number of hydrogen-bond acceptors (Lipinski definition) is 2. The van der Waals surface area contributed by atoms with Gasteiger partial charge in [-0.15, -0.1) is 24.8 Å². The van der Waals surface area contributed by atoms with E-state index >= 15 is 0 Å². The molecule has 1 N–H and O–H groups in total. The van der Waals surface area contributed by atoms with Gasteiger partial charge in [0.2, 0.25) is 0 Å². The lowest BCUT2D eigenvalue weighted by Crippen LogP contribution is -1.99. The van der Waals surface area contributed by atoms with Crippen molar-refractivity contribution >= 4 is 30.8 Å². The lowest BCUT2D eigenvalue weighted by molar-refractivity contribution is -0.136. The van der Waals surface area contributed by atoms with Crippen LogP contribution in [0.4, 0.5) is 0 Å². The zero-order valence-corrected chi connectivity index (χ0v) is 7.77. The maximum absolute atomic E-state index is 10.1. The third kappa shape index (κ3) is 4.93. The Bertz CT molecular complexity index is 228. The number of aliphatic carboxylic acids is 1. The van der Waals surface area contributed by atoms with E-state index in [1.165, 1.54) is 0 Å². The van der Waals surface area contributed by atoms with Gasteiger partial charge in [-0.1, -0.05) is 0 Å². The van der Waals surface area contributed by atoms with Gasteiger partial charge in [0.25, 0.3) is 0 Å². The third-order valence-electron chi connectivity index (χ3n) is 1.10. The highest BCUT2D eigenvalue weighted by Gasteiger charge is 1.96. The average Bonchev–Trinajstić information content (AvgIpc) is 1.88. The van der Waals surface area contributed by atoms with Gasteiger partial charge in [-0.05, 0) is 17.7 Å². The van der Waals surface area contributed by atoms with Gasteiger partial charge in [-0.3, -0.25) is 9.78 Å². The molecule has 68 valence electrons. The van der Waals surface area contributed by atoms with Gasteiger partial charge >= 0.3 is 5.97 Å². The van der Waals surface area contributed by atoms with E-state index in [0.29, 0.717) is 0 Å². The fourth-order valence-corrected chi connectivity index (χ4v) is 0.675. The molecule has 0 saturated carbocycles. The summed E-state index contributed by atoms with van der Waals surface area (Å²) in [5.74, 6) is -0.814. The fraction of sp³-hybridized carbons (Fsp3) is 0.143. The maximum Gasteiger partial charge on any atom is 0.307 e. The van der Waals surface area contributed by atoms with Crippen molar-refractivity contribution in [1.82, 2.24) is 4.98 Å². The van der Waals surface area contributed by atoms with Gasteiger partial charge in [0.1, 0.15) is 0 Å². The molecule has 0 amide bonds. The number of nitrogens with zero attached hydrogens (tertiary/aromatic N) is 1. The first kappa shape index (κ1) is 13.8. The normalized spacial score (nSPS) is 7.67. The quantitative estimate of drug-likeness (QED) is 0.805. The van der Waals surface area contributed by atoms with Crippen molar-refractivity contribution < 1.29 is 9.90 Å². The highest BCUT2D eigenvalue weighted by molar-refractivity contribution is 5.85. The van der Waals surface area contributed by atoms with Crippen LogP contribution < -0.4 is 0 Å². The molecule has 0 aromatic carbocycles. The van der Waals surface area contributed by atoms with Gasteiger partial charge in [0, 0.05) is 12.4 Å². The number of halogens is 2. The monoisotopic (exact) mass is 209 g/mol. The van der Waals surface area contributed by atoms with E-state index in [9.17, 15) is 4.79 Å². The molecular formula is C7H9Cl2NO2. The van der Waals surface area contributed by atoms with Gasteiger partial charge in [0.15, 0.2) is 0 Å². The van der Waals surface area contributed by atoms with Crippen LogP contribution in [0.25, 0.3) is 0 Å². The molecular weight excluding hydrogens is 201 g/mol. The van der Waals surface area contributed by atoms with Crippen molar-refractivity contribution in [3.8, 4) is 0 Å². The van der Waals surface area contributed by atoms with Crippen molar-refractivity contribution in [2.45, 2.75) is 6.42 Å². The van der Waals surface area contributed by atoms with Crippen molar-refractivity contribution in [2.24, 2.45) is 0 Å². The average molecular weight is 210 g/mol. The van der Waals surface area contributed by atoms with E-state index in [0.717, 1.165) is 5.56 Å². The van der Waals surface area contributed by atoms with Crippen molar-refractivity contribution in [3.05, 3.63) is 30.1 Å². The second kappa shape index (κ2) is 6.88. The molecule has 0 radical (unpaired) electrons. The molecule has 0 unspecified atom stereocenters. The van der Waals surface area contributed by atoms with Crippen LogP contribution in [0.15, 0.2) is 24.5 Å². The molecule has 1 aromatic heterocycles. The SMILES string of the molecule is Cl.Cl.O=C(O)Cc1ccncc1. The topological polar surface area (TPSA) is 50.2 Å². The highest BCUT2D eigenvalue weighted by atomic mass is 35.5. The Hall–Kier alpha value is -0.800. The Balaban J connectivity index is 0. The Morgan fingerprint density at radius 3 is 2.25 bits per heavy atom. The Labute approximate surface area is 82.6 Å². The van der Waals surface area contributed by atoms with Crippen LogP contribution in [0.2, 0.25) is 0 Å². The molecule has 0 aliphatic carbocycles. The first-order valence-electron chi connectivity index (χ1n) is 2.90. The van der Waals surface area contributed by atoms with Gasteiger partial charge < -0.3 is 5.11 Å². The zero-order chi connectivity index (χ0) is 7.40. The predicted molar refractivity (Wildman–Crippen MR) is 50.1 cm³/mol. The number of rotatable bonds is 2. The second-order valence-electron chi connectivity index (χ2n) is 1.93. The third-order valence-corrected chi connectivity index (χ3v) is 1.10. The number of carbonyl (C=O) groups is 1. The summed E-state index contributed by atoms with van der Waals surface area (Å²) >= 11 is 0. The number of hydrogen-bond donors (Lipinski definition) is 1. The predicted octanol–water partition coefficient (Wildman–Crippen LogP) is 1.55. The van der Waals surface area contributed by atoms with Crippen LogP contribution in [0.3, 0.4) is 0 Å². The summed E-state index contributed by atoms with van der Waals surface area (Å²) in [7, 11) is 0. The molecule has 1 rings (SSSR count). The van der Waals surface area contributed by atoms with Crippen LogP contribution in [-0.4, -0.2) is 16.1 Å². The largest absolute Gasteiger partial charge is 0.481 e. The summed E-state index contributed by atoms with van der Waals surface area (Å²) in [6.07, 6.45) is 3.24. The molecule has 0 bridgehead atoms. The number of carboxylic acid groups (broad SMARTS) is 1. The minimum atomic E-state index is -0.814.